The zero-order chi connectivity index (χ0) is 13.4. The first-order chi connectivity index (χ1) is 9.13. The number of rotatable bonds is 3. The van der Waals surface area contributed by atoms with Gasteiger partial charge in [-0.2, -0.15) is 0 Å². The normalized spacial score (nSPS) is 22.6. The van der Waals surface area contributed by atoms with E-state index in [0.717, 1.165) is 17.8 Å². The molecule has 2 heterocycles. The van der Waals surface area contributed by atoms with Gasteiger partial charge >= 0.3 is 0 Å². The van der Waals surface area contributed by atoms with Gasteiger partial charge in [0, 0.05) is 19.0 Å². The lowest BCUT2D eigenvalue weighted by atomic mass is 10.3. The van der Waals surface area contributed by atoms with Gasteiger partial charge in [-0.1, -0.05) is 0 Å². The third-order valence-corrected chi connectivity index (χ3v) is 4.45. The highest BCUT2D eigenvalue weighted by atomic mass is 32.1. The Hall–Kier alpha value is -1.40. The Morgan fingerprint density at radius 3 is 2.74 bits per heavy atom. The van der Waals surface area contributed by atoms with E-state index in [1.54, 1.807) is 17.0 Å². The molecule has 2 N–H and O–H groups in total. The molecule has 1 aliphatic heterocycles. The van der Waals surface area contributed by atoms with Crippen molar-refractivity contribution in [2.45, 2.75) is 25.4 Å². The number of amides is 2. The number of thiophene rings is 1. The topological polar surface area (TPSA) is 69.6 Å². The molecular formula is C13H16N2O3S. The number of β-amino-alcohol motifs (C(OH)–C–C–N with tert-alkyl or cyclic N) is 1. The van der Waals surface area contributed by atoms with Crippen LogP contribution in [-0.2, 0) is 4.79 Å². The number of nitrogens with one attached hydrogen (secondary N) is 1. The molecule has 1 saturated carbocycles. The van der Waals surface area contributed by atoms with Gasteiger partial charge in [0.2, 0.25) is 5.91 Å². The lowest BCUT2D eigenvalue weighted by molar-refractivity contribution is -0.117. The maximum atomic E-state index is 12.2. The monoisotopic (exact) mass is 280 g/mol. The Bertz CT molecular complexity index is 510. The number of aliphatic hydroxyl groups excluding tert-OH is 1. The molecule has 6 heteroatoms. The van der Waals surface area contributed by atoms with Gasteiger partial charge in [-0.3, -0.25) is 9.59 Å². The van der Waals surface area contributed by atoms with Gasteiger partial charge in [0.05, 0.1) is 16.0 Å². The molecule has 2 aliphatic rings. The largest absolute Gasteiger partial charge is 0.391 e. The maximum Gasteiger partial charge on any atom is 0.264 e. The second-order valence-corrected chi connectivity index (χ2v) is 6.20. The molecule has 0 unspecified atom stereocenters. The van der Waals surface area contributed by atoms with Gasteiger partial charge in [-0.15, -0.1) is 11.3 Å². The van der Waals surface area contributed by atoms with E-state index in [2.05, 4.69) is 5.32 Å². The minimum atomic E-state index is -0.405. The summed E-state index contributed by atoms with van der Waals surface area (Å²) >= 11 is 1.30. The summed E-state index contributed by atoms with van der Waals surface area (Å²) in [6, 6.07) is 3.50. The van der Waals surface area contributed by atoms with E-state index < -0.39 is 6.10 Å². The van der Waals surface area contributed by atoms with Crippen LogP contribution in [0.1, 0.15) is 28.9 Å². The van der Waals surface area contributed by atoms with Crippen molar-refractivity contribution >= 4 is 28.2 Å². The third-order valence-electron chi connectivity index (χ3n) is 3.46. The Labute approximate surface area is 115 Å². The molecule has 1 aliphatic carbocycles. The molecule has 5 nitrogen and oxygen atoms in total. The fraction of sp³-hybridized carbons (Fsp3) is 0.538. The van der Waals surface area contributed by atoms with Crippen molar-refractivity contribution in [3.8, 4) is 0 Å². The van der Waals surface area contributed by atoms with Crippen molar-refractivity contribution in [1.29, 1.82) is 0 Å². The number of carbonyl (C=O) groups is 2. The number of anilines is 1. The second-order valence-electron chi connectivity index (χ2n) is 5.12. The molecule has 19 heavy (non-hydrogen) atoms. The molecule has 0 bridgehead atoms. The Balaban J connectivity index is 1.63. The molecule has 1 atom stereocenters. The molecule has 0 aromatic carbocycles. The van der Waals surface area contributed by atoms with E-state index >= 15 is 0 Å². The first kappa shape index (κ1) is 12.6. The quantitative estimate of drug-likeness (QED) is 0.877. The molecule has 0 spiro atoms. The highest BCUT2D eigenvalue weighted by molar-refractivity contribution is 7.18. The van der Waals surface area contributed by atoms with Gasteiger partial charge in [-0.25, -0.2) is 0 Å². The summed E-state index contributed by atoms with van der Waals surface area (Å²) in [5.41, 5.74) is 0. The summed E-state index contributed by atoms with van der Waals surface area (Å²) in [4.78, 5) is 26.0. The van der Waals surface area contributed by atoms with E-state index in [1.807, 2.05) is 0 Å². The highest BCUT2D eigenvalue weighted by Gasteiger charge is 2.30. The van der Waals surface area contributed by atoms with Crippen molar-refractivity contribution < 1.29 is 14.7 Å². The Morgan fingerprint density at radius 2 is 2.11 bits per heavy atom. The van der Waals surface area contributed by atoms with Crippen LogP contribution < -0.4 is 5.32 Å². The minimum absolute atomic E-state index is 0.0532. The van der Waals surface area contributed by atoms with Crippen molar-refractivity contribution in [2.24, 2.45) is 5.92 Å². The number of nitrogens with zero attached hydrogens (tertiary/aromatic N) is 1. The summed E-state index contributed by atoms with van der Waals surface area (Å²) < 4.78 is 0. The minimum Gasteiger partial charge on any atom is -0.391 e. The van der Waals surface area contributed by atoms with Gasteiger partial charge < -0.3 is 15.3 Å². The molecule has 2 amide bonds. The standard InChI is InChI=1S/C13H16N2O3S/c16-9-5-6-15(7-9)13(18)10-3-4-11(19-10)14-12(17)8-1-2-8/h3-4,8-9,16H,1-2,5-7H2,(H,14,17)/t9-/m1/s1. The van der Waals surface area contributed by atoms with Crippen LogP contribution in [-0.4, -0.2) is 41.0 Å². The molecule has 102 valence electrons. The van der Waals surface area contributed by atoms with Crippen molar-refractivity contribution in [1.82, 2.24) is 4.90 Å². The first-order valence-electron chi connectivity index (χ1n) is 6.51. The maximum absolute atomic E-state index is 12.2. The number of hydrogen-bond donors (Lipinski definition) is 2. The number of hydrogen-bond acceptors (Lipinski definition) is 4. The summed E-state index contributed by atoms with van der Waals surface area (Å²) in [5.74, 6) is 0.154. The SMILES string of the molecule is O=C(Nc1ccc(C(=O)N2CC[C@@H](O)C2)s1)C1CC1. The predicted octanol–water partition coefficient (Wildman–Crippen LogP) is 1.30. The number of aliphatic hydroxyl groups is 1. The van der Waals surface area contributed by atoms with Gasteiger partial charge in [0.15, 0.2) is 0 Å². The van der Waals surface area contributed by atoms with E-state index in [4.69, 9.17) is 0 Å². The molecular weight excluding hydrogens is 264 g/mol. The van der Waals surface area contributed by atoms with Crippen LogP contribution in [0.3, 0.4) is 0 Å². The first-order valence-corrected chi connectivity index (χ1v) is 7.33. The van der Waals surface area contributed by atoms with Crippen LogP contribution in [0.5, 0.6) is 0 Å². The van der Waals surface area contributed by atoms with Crippen LogP contribution >= 0.6 is 11.3 Å². The Morgan fingerprint density at radius 1 is 1.32 bits per heavy atom. The fourth-order valence-electron chi connectivity index (χ4n) is 2.17. The van der Waals surface area contributed by atoms with Crippen molar-refractivity contribution in [3.63, 3.8) is 0 Å². The molecule has 0 radical (unpaired) electrons. The average molecular weight is 280 g/mol. The van der Waals surface area contributed by atoms with E-state index in [0.29, 0.717) is 24.4 Å². The summed E-state index contributed by atoms with van der Waals surface area (Å²) in [7, 11) is 0. The lowest BCUT2D eigenvalue weighted by Crippen LogP contribution is -2.28. The molecule has 1 saturated heterocycles. The number of carbonyl (C=O) groups excluding carboxylic acids is 2. The zero-order valence-corrected chi connectivity index (χ0v) is 11.3. The van der Waals surface area contributed by atoms with Gasteiger partial charge in [0.1, 0.15) is 0 Å². The van der Waals surface area contributed by atoms with Crippen LogP contribution in [0.15, 0.2) is 12.1 Å². The lowest BCUT2D eigenvalue weighted by Gasteiger charge is -2.13. The van der Waals surface area contributed by atoms with E-state index in [1.165, 1.54) is 11.3 Å². The van der Waals surface area contributed by atoms with Crippen LogP contribution in [0.4, 0.5) is 5.00 Å². The Kier molecular flexibility index (Phi) is 3.28. The zero-order valence-electron chi connectivity index (χ0n) is 10.5. The van der Waals surface area contributed by atoms with Gasteiger partial charge in [-0.05, 0) is 31.4 Å². The van der Waals surface area contributed by atoms with Crippen molar-refractivity contribution in [2.75, 3.05) is 18.4 Å². The van der Waals surface area contributed by atoms with Crippen LogP contribution in [0, 0.1) is 5.92 Å². The van der Waals surface area contributed by atoms with E-state index in [9.17, 15) is 14.7 Å². The predicted molar refractivity (Wildman–Crippen MR) is 72.2 cm³/mol. The fourth-order valence-corrected chi connectivity index (χ4v) is 3.05. The third kappa shape index (κ3) is 2.79. The summed E-state index contributed by atoms with van der Waals surface area (Å²) in [5, 5.41) is 13.0. The summed E-state index contributed by atoms with van der Waals surface area (Å²) in [6.45, 7) is 1.00. The van der Waals surface area contributed by atoms with Crippen LogP contribution in [0.2, 0.25) is 0 Å². The smallest absolute Gasteiger partial charge is 0.264 e. The molecule has 1 aromatic rings. The van der Waals surface area contributed by atoms with E-state index in [-0.39, 0.29) is 17.7 Å². The number of likely N-dealkylation sites (tertiary alicyclic amines) is 1. The highest BCUT2D eigenvalue weighted by Crippen LogP contribution is 2.32. The van der Waals surface area contributed by atoms with Crippen LogP contribution in [0.25, 0.3) is 0 Å². The van der Waals surface area contributed by atoms with Crippen molar-refractivity contribution in [3.05, 3.63) is 17.0 Å². The van der Waals surface area contributed by atoms with Gasteiger partial charge in [0.25, 0.3) is 5.91 Å². The molecule has 2 fully saturated rings. The molecule has 3 rings (SSSR count). The summed E-state index contributed by atoms with van der Waals surface area (Å²) in [6.07, 6.45) is 2.17. The molecule has 1 aromatic heterocycles. The second kappa shape index (κ2) is 4.94. The average Bonchev–Trinajstić information content (AvgIpc) is 3.00.